The Bertz CT molecular complexity index is 348. The van der Waals surface area contributed by atoms with Crippen LogP contribution in [0, 0.1) is 0 Å². The molecule has 3 rings (SSSR count). The minimum absolute atomic E-state index is 0.135. The molecular weight excluding hydrogens is 190 g/mol. The first kappa shape index (κ1) is 9.43. The number of furan rings is 1. The highest BCUT2D eigenvalue weighted by molar-refractivity contribution is 5.23. The molecule has 0 aromatic carbocycles. The minimum atomic E-state index is -0.135. The van der Waals surface area contributed by atoms with Crippen LogP contribution < -0.4 is 5.73 Å². The lowest BCUT2D eigenvalue weighted by Gasteiger charge is -2.20. The molecule has 1 aliphatic carbocycles. The number of hydrogen-bond donors (Lipinski definition) is 1. The lowest BCUT2D eigenvalue weighted by Crippen LogP contribution is -2.17. The molecule has 15 heavy (non-hydrogen) atoms. The number of ether oxygens (including phenoxy) is 1. The van der Waals surface area contributed by atoms with Crippen LogP contribution in [-0.2, 0) is 10.3 Å². The summed E-state index contributed by atoms with van der Waals surface area (Å²) in [5, 5.41) is 0. The van der Waals surface area contributed by atoms with E-state index in [1.165, 1.54) is 0 Å². The fourth-order valence-electron chi connectivity index (χ4n) is 2.20. The zero-order valence-corrected chi connectivity index (χ0v) is 8.87. The van der Waals surface area contributed by atoms with Gasteiger partial charge in [0.2, 0.25) is 0 Å². The molecule has 2 fully saturated rings. The van der Waals surface area contributed by atoms with Gasteiger partial charge in [0.1, 0.15) is 11.5 Å². The smallest absolute Gasteiger partial charge is 0.124 e. The van der Waals surface area contributed by atoms with Crippen LogP contribution in [0.15, 0.2) is 16.5 Å². The highest BCUT2D eigenvalue weighted by Crippen LogP contribution is 2.44. The molecular formula is C12H17NO2. The van der Waals surface area contributed by atoms with E-state index >= 15 is 0 Å². The van der Waals surface area contributed by atoms with Crippen molar-refractivity contribution in [2.75, 3.05) is 13.2 Å². The lowest BCUT2D eigenvalue weighted by atomic mass is 9.98. The van der Waals surface area contributed by atoms with E-state index in [0.29, 0.717) is 5.92 Å². The lowest BCUT2D eigenvalue weighted by molar-refractivity contribution is 0.0802. The molecule has 0 atom stereocenters. The Balaban J connectivity index is 1.77. The standard InChI is InChI=1S/C12H17NO2/c13-12(5-6-12)11-2-1-10(15-11)9-3-7-14-8-4-9/h1-2,9H,3-8,13H2. The second-order valence-corrected chi connectivity index (χ2v) is 4.74. The van der Waals surface area contributed by atoms with Crippen LogP contribution in [-0.4, -0.2) is 13.2 Å². The van der Waals surface area contributed by atoms with E-state index in [1.54, 1.807) is 0 Å². The largest absolute Gasteiger partial charge is 0.464 e. The normalized spacial score (nSPS) is 25.4. The molecule has 3 heteroatoms. The van der Waals surface area contributed by atoms with E-state index in [-0.39, 0.29) is 5.54 Å². The van der Waals surface area contributed by atoms with Crippen molar-refractivity contribution in [3.8, 4) is 0 Å². The Morgan fingerprint density at radius 1 is 1.20 bits per heavy atom. The molecule has 0 bridgehead atoms. The maximum atomic E-state index is 6.09. The van der Waals surface area contributed by atoms with Crippen LogP contribution >= 0.6 is 0 Å². The molecule has 0 amide bonds. The third-order valence-corrected chi connectivity index (χ3v) is 3.53. The van der Waals surface area contributed by atoms with Gasteiger partial charge in [0.15, 0.2) is 0 Å². The third kappa shape index (κ3) is 1.70. The molecule has 0 spiro atoms. The first-order chi connectivity index (χ1) is 7.28. The van der Waals surface area contributed by atoms with Crippen LogP contribution in [0.25, 0.3) is 0 Å². The maximum Gasteiger partial charge on any atom is 0.124 e. The molecule has 1 aliphatic heterocycles. The van der Waals surface area contributed by atoms with Crippen molar-refractivity contribution in [1.29, 1.82) is 0 Å². The average molecular weight is 207 g/mol. The Morgan fingerprint density at radius 3 is 2.60 bits per heavy atom. The summed E-state index contributed by atoms with van der Waals surface area (Å²) in [5.74, 6) is 2.61. The minimum Gasteiger partial charge on any atom is -0.464 e. The maximum absolute atomic E-state index is 6.09. The number of rotatable bonds is 2. The molecule has 3 nitrogen and oxygen atoms in total. The van der Waals surface area contributed by atoms with Gasteiger partial charge < -0.3 is 14.9 Å². The summed E-state index contributed by atoms with van der Waals surface area (Å²) in [6, 6.07) is 4.15. The van der Waals surface area contributed by atoms with E-state index < -0.39 is 0 Å². The van der Waals surface area contributed by atoms with Crippen LogP contribution in [0.5, 0.6) is 0 Å². The summed E-state index contributed by atoms with van der Waals surface area (Å²) < 4.78 is 11.2. The van der Waals surface area contributed by atoms with Gasteiger partial charge >= 0.3 is 0 Å². The van der Waals surface area contributed by atoms with Gasteiger partial charge in [-0.25, -0.2) is 0 Å². The van der Waals surface area contributed by atoms with Gasteiger partial charge in [0.05, 0.1) is 5.54 Å². The molecule has 1 saturated heterocycles. The number of hydrogen-bond acceptors (Lipinski definition) is 3. The summed E-state index contributed by atoms with van der Waals surface area (Å²) in [6.45, 7) is 1.71. The van der Waals surface area contributed by atoms with Crippen molar-refractivity contribution < 1.29 is 9.15 Å². The molecule has 2 heterocycles. The predicted molar refractivity (Wildman–Crippen MR) is 56.6 cm³/mol. The highest BCUT2D eigenvalue weighted by atomic mass is 16.5. The molecule has 0 radical (unpaired) electrons. The van der Waals surface area contributed by atoms with E-state index in [2.05, 4.69) is 12.1 Å². The monoisotopic (exact) mass is 207 g/mol. The quantitative estimate of drug-likeness (QED) is 0.808. The van der Waals surface area contributed by atoms with Gasteiger partial charge in [-0.05, 0) is 37.8 Å². The summed E-state index contributed by atoms with van der Waals surface area (Å²) in [4.78, 5) is 0. The fourth-order valence-corrected chi connectivity index (χ4v) is 2.20. The van der Waals surface area contributed by atoms with E-state index in [0.717, 1.165) is 50.4 Å². The first-order valence-electron chi connectivity index (χ1n) is 5.75. The summed E-state index contributed by atoms with van der Waals surface area (Å²) >= 11 is 0. The van der Waals surface area contributed by atoms with Crippen LogP contribution in [0.2, 0.25) is 0 Å². The molecule has 82 valence electrons. The van der Waals surface area contributed by atoms with Gasteiger partial charge in [-0.2, -0.15) is 0 Å². The zero-order chi connectivity index (χ0) is 10.3. The zero-order valence-electron chi connectivity index (χ0n) is 8.87. The van der Waals surface area contributed by atoms with Gasteiger partial charge in [-0.1, -0.05) is 0 Å². The Labute approximate surface area is 89.6 Å². The first-order valence-corrected chi connectivity index (χ1v) is 5.75. The molecule has 2 aliphatic rings. The Kier molecular flexibility index (Phi) is 2.11. The SMILES string of the molecule is NC1(c2ccc(C3CCOCC3)o2)CC1. The van der Waals surface area contributed by atoms with Gasteiger partial charge in [0.25, 0.3) is 0 Å². The Hall–Kier alpha value is -0.800. The topological polar surface area (TPSA) is 48.4 Å². The highest BCUT2D eigenvalue weighted by Gasteiger charge is 2.43. The van der Waals surface area contributed by atoms with Crippen LogP contribution in [0.4, 0.5) is 0 Å². The van der Waals surface area contributed by atoms with Crippen molar-refractivity contribution in [3.05, 3.63) is 23.7 Å². The van der Waals surface area contributed by atoms with Gasteiger partial charge in [-0.3, -0.25) is 0 Å². The van der Waals surface area contributed by atoms with Crippen molar-refractivity contribution >= 4 is 0 Å². The summed E-state index contributed by atoms with van der Waals surface area (Å²) in [5.41, 5.74) is 5.96. The summed E-state index contributed by atoms with van der Waals surface area (Å²) in [7, 11) is 0. The van der Waals surface area contributed by atoms with E-state index in [4.69, 9.17) is 14.9 Å². The van der Waals surface area contributed by atoms with Crippen molar-refractivity contribution in [3.63, 3.8) is 0 Å². The molecule has 1 saturated carbocycles. The van der Waals surface area contributed by atoms with Crippen molar-refractivity contribution in [2.24, 2.45) is 5.73 Å². The van der Waals surface area contributed by atoms with Gasteiger partial charge in [0, 0.05) is 19.1 Å². The number of nitrogens with two attached hydrogens (primary N) is 1. The van der Waals surface area contributed by atoms with Crippen LogP contribution in [0.1, 0.15) is 43.1 Å². The van der Waals surface area contributed by atoms with E-state index in [1.807, 2.05) is 0 Å². The molecule has 0 unspecified atom stereocenters. The fraction of sp³-hybridized carbons (Fsp3) is 0.667. The van der Waals surface area contributed by atoms with Gasteiger partial charge in [-0.15, -0.1) is 0 Å². The average Bonchev–Trinajstić information content (AvgIpc) is 2.85. The predicted octanol–water partition coefficient (Wildman–Crippen LogP) is 2.12. The second-order valence-electron chi connectivity index (χ2n) is 4.74. The van der Waals surface area contributed by atoms with E-state index in [9.17, 15) is 0 Å². The third-order valence-electron chi connectivity index (χ3n) is 3.53. The van der Waals surface area contributed by atoms with Crippen LogP contribution in [0.3, 0.4) is 0 Å². The Morgan fingerprint density at radius 2 is 1.93 bits per heavy atom. The summed E-state index contributed by atoms with van der Waals surface area (Å²) in [6.07, 6.45) is 4.27. The van der Waals surface area contributed by atoms with Crippen molar-refractivity contribution in [1.82, 2.24) is 0 Å². The molecule has 1 aromatic heterocycles. The second kappa shape index (κ2) is 3.35. The molecule has 2 N–H and O–H groups in total. The molecule has 1 aromatic rings. The van der Waals surface area contributed by atoms with Crippen molar-refractivity contribution in [2.45, 2.75) is 37.1 Å².